The minimum absolute atomic E-state index is 0.0816. The fourth-order valence-corrected chi connectivity index (χ4v) is 2.08. The van der Waals surface area contributed by atoms with E-state index in [1.807, 2.05) is 0 Å². The van der Waals surface area contributed by atoms with Crippen LogP contribution >= 0.6 is 0 Å². The molecule has 0 saturated heterocycles. The standard InChI is InChI=1S/C12H13F2NO3/c13-8-2-1-3-9(10(8)14)18-7-4-5-12(15,6-7)11(16)17/h1-3,7H,4-6,15H2,(H,16,17). The average molecular weight is 257 g/mol. The topological polar surface area (TPSA) is 72.6 Å². The lowest BCUT2D eigenvalue weighted by atomic mass is 10.00. The summed E-state index contributed by atoms with van der Waals surface area (Å²) >= 11 is 0. The number of halogens is 2. The van der Waals surface area contributed by atoms with Gasteiger partial charge in [-0.1, -0.05) is 6.07 Å². The number of carboxylic acid groups (broad SMARTS) is 1. The van der Waals surface area contributed by atoms with Gasteiger partial charge in [0.1, 0.15) is 11.6 Å². The number of carboxylic acids is 1. The van der Waals surface area contributed by atoms with Gasteiger partial charge in [-0.15, -0.1) is 0 Å². The van der Waals surface area contributed by atoms with E-state index in [9.17, 15) is 13.6 Å². The lowest BCUT2D eigenvalue weighted by molar-refractivity contribution is -0.143. The molecular formula is C12H13F2NO3. The first kappa shape index (κ1) is 12.8. The Kier molecular flexibility index (Phi) is 3.21. The Balaban J connectivity index is 2.08. The maximum atomic E-state index is 13.4. The van der Waals surface area contributed by atoms with Gasteiger partial charge >= 0.3 is 5.97 Å². The summed E-state index contributed by atoms with van der Waals surface area (Å²) < 4.78 is 31.6. The van der Waals surface area contributed by atoms with Crippen LogP contribution in [0, 0.1) is 11.6 Å². The maximum absolute atomic E-state index is 13.4. The van der Waals surface area contributed by atoms with Gasteiger partial charge in [-0.05, 0) is 25.0 Å². The van der Waals surface area contributed by atoms with Crippen LogP contribution in [0.4, 0.5) is 8.78 Å². The van der Waals surface area contributed by atoms with Crippen molar-refractivity contribution in [2.75, 3.05) is 0 Å². The molecule has 1 fully saturated rings. The van der Waals surface area contributed by atoms with Crippen molar-refractivity contribution in [3.63, 3.8) is 0 Å². The van der Waals surface area contributed by atoms with E-state index in [4.69, 9.17) is 15.6 Å². The molecule has 1 aliphatic rings. The molecule has 6 heteroatoms. The number of carbonyl (C=O) groups is 1. The van der Waals surface area contributed by atoms with Crippen molar-refractivity contribution in [1.29, 1.82) is 0 Å². The molecule has 4 nitrogen and oxygen atoms in total. The SMILES string of the molecule is NC1(C(=O)O)CCC(Oc2cccc(F)c2F)C1. The molecule has 1 saturated carbocycles. The molecule has 1 aromatic carbocycles. The van der Waals surface area contributed by atoms with Gasteiger partial charge in [0.05, 0.1) is 0 Å². The van der Waals surface area contributed by atoms with Gasteiger partial charge in [-0.25, -0.2) is 4.39 Å². The number of hydrogen-bond donors (Lipinski definition) is 2. The predicted molar refractivity (Wildman–Crippen MR) is 59.2 cm³/mol. The second-order valence-electron chi connectivity index (χ2n) is 4.50. The summed E-state index contributed by atoms with van der Waals surface area (Å²) in [4.78, 5) is 10.9. The zero-order valence-corrected chi connectivity index (χ0v) is 9.53. The van der Waals surface area contributed by atoms with E-state index >= 15 is 0 Å². The highest BCUT2D eigenvalue weighted by Crippen LogP contribution is 2.32. The molecule has 0 amide bonds. The molecule has 1 aliphatic carbocycles. The lowest BCUT2D eigenvalue weighted by Crippen LogP contribution is -2.46. The maximum Gasteiger partial charge on any atom is 0.323 e. The zero-order valence-electron chi connectivity index (χ0n) is 9.53. The average Bonchev–Trinajstić information content (AvgIpc) is 2.68. The van der Waals surface area contributed by atoms with E-state index in [0.29, 0.717) is 6.42 Å². The Morgan fingerprint density at radius 3 is 2.83 bits per heavy atom. The summed E-state index contributed by atoms with van der Waals surface area (Å²) in [5, 5.41) is 8.94. The molecule has 0 spiro atoms. The number of aliphatic carboxylic acids is 1. The molecule has 2 atom stereocenters. The van der Waals surface area contributed by atoms with Crippen molar-refractivity contribution < 1.29 is 23.4 Å². The van der Waals surface area contributed by atoms with Crippen LogP contribution in [0.25, 0.3) is 0 Å². The van der Waals surface area contributed by atoms with Crippen molar-refractivity contribution in [2.45, 2.75) is 30.9 Å². The van der Waals surface area contributed by atoms with Crippen LogP contribution in [0.5, 0.6) is 5.75 Å². The molecule has 0 radical (unpaired) electrons. The molecule has 18 heavy (non-hydrogen) atoms. The van der Waals surface area contributed by atoms with E-state index in [-0.39, 0.29) is 18.6 Å². The monoisotopic (exact) mass is 257 g/mol. The van der Waals surface area contributed by atoms with Crippen molar-refractivity contribution in [2.24, 2.45) is 5.73 Å². The second kappa shape index (κ2) is 4.53. The number of nitrogens with two attached hydrogens (primary N) is 1. The lowest BCUT2D eigenvalue weighted by Gasteiger charge is -2.19. The van der Waals surface area contributed by atoms with E-state index in [1.54, 1.807) is 0 Å². The van der Waals surface area contributed by atoms with Gasteiger partial charge in [-0.3, -0.25) is 4.79 Å². The van der Waals surface area contributed by atoms with Crippen LogP contribution in [-0.4, -0.2) is 22.7 Å². The Bertz CT molecular complexity index is 480. The van der Waals surface area contributed by atoms with Crippen molar-refractivity contribution in [3.8, 4) is 5.75 Å². The van der Waals surface area contributed by atoms with Crippen LogP contribution < -0.4 is 10.5 Å². The summed E-state index contributed by atoms with van der Waals surface area (Å²) in [6.07, 6.45) is 0.225. The zero-order chi connectivity index (χ0) is 13.3. The molecule has 2 unspecified atom stereocenters. The Hall–Kier alpha value is -1.69. The number of rotatable bonds is 3. The Labute approximate surface area is 102 Å². The van der Waals surface area contributed by atoms with Gasteiger partial charge < -0.3 is 15.6 Å². The van der Waals surface area contributed by atoms with Crippen molar-refractivity contribution in [3.05, 3.63) is 29.8 Å². The summed E-state index contributed by atoms with van der Waals surface area (Å²) in [5.74, 6) is -3.38. The smallest absolute Gasteiger partial charge is 0.323 e. The van der Waals surface area contributed by atoms with Crippen LogP contribution in [0.2, 0.25) is 0 Å². The first-order valence-corrected chi connectivity index (χ1v) is 5.55. The first-order chi connectivity index (χ1) is 8.42. The van der Waals surface area contributed by atoms with Crippen LogP contribution in [-0.2, 0) is 4.79 Å². The molecule has 98 valence electrons. The third kappa shape index (κ3) is 2.28. The molecule has 0 heterocycles. The summed E-state index contributed by atoms with van der Waals surface area (Å²) in [6.45, 7) is 0. The van der Waals surface area contributed by atoms with E-state index in [2.05, 4.69) is 0 Å². The minimum atomic E-state index is -1.34. The highest BCUT2D eigenvalue weighted by Gasteiger charge is 2.43. The van der Waals surface area contributed by atoms with Gasteiger partial charge in [0.15, 0.2) is 11.6 Å². The first-order valence-electron chi connectivity index (χ1n) is 5.55. The molecule has 2 rings (SSSR count). The molecule has 0 aromatic heterocycles. The highest BCUT2D eigenvalue weighted by molar-refractivity contribution is 5.79. The second-order valence-corrected chi connectivity index (χ2v) is 4.50. The van der Waals surface area contributed by atoms with E-state index in [0.717, 1.165) is 6.07 Å². The third-order valence-corrected chi connectivity index (χ3v) is 3.14. The summed E-state index contributed by atoms with van der Waals surface area (Å²) in [5.41, 5.74) is 4.33. The predicted octanol–water partition coefficient (Wildman–Crippen LogP) is 1.68. The number of benzene rings is 1. The van der Waals surface area contributed by atoms with Gasteiger partial charge in [0.25, 0.3) is 0 Å². The Morgan fingerprint density at radius 2 is 2.22 bits per heavy atom. The Morgan fingerprint density at radius 1 is 1.50 bits per heavy atom. The molecule has 0 aliphatic heterocycles. The van der Waals surface area contributed by atoms with Crippen LogP contribution in [0.15, 0.2) is 18.2 Å². The van der Waals surface area contributed by atoms with Gasteiger partial charge in [0, 0.05) is 6.42 Å². The summed E-state index contributed by atoms with van der Waals surface area (Å²) in [7, 11) is 0. The van der Waals surface area contributed by atoms with Crippen molar-refractivity contribution in [1.82, 2.24) is 0 Å². The number of hydrogen-bond acceptors (Lipinski definition) is 3. The minimum Gasteiger partial charge on any atom is -0.487 e. The third-order valence-electron chi connectivity index (χ3n) is 3.14. The largest absolute Gasteiger partial charge is 0.487 e. The fraction of sp³-hybridized carbons (Fsp3) is 0.417. The van der Waals surface area contributed by atoms with Crippen molar-refractivity contribution >= 4 is 5.97 Å². The number of ether oxygens (including phenoxy) is 1. The quantitative estimate of drug-likeness (QED) is 0.864. The molecule has 1 aromatic rings. The fourth-order valence-electron chi connectivity index (χ4n) is 2.08. The summed E-state index contributed by atoms with van der Waals surface area (Å²) in [6, 6.07) is 3.62. The van der Waals surface area contributed by atoms with Crippen LogP contribution in [0.1, 0.15) is 19.3 Å². The molecular weight excluding hydrogens is 244 g/mol. The normalized spacial score (nSPS) is 27.2. The van der Waals surface area contributed by atoms with E-state index < -0.39 is 29.2 Å². The van der Waals surface area contributed by atoms with Crippen LogP contribution in [0.3, 0.4) is 0 Å². The van der Waals surface area contributed by atoms with Gasteiger partial charge in [-0.2, -0.15) is 4.39 Å². The van der Waals surface area contributed by atoms with E-state index in [1.165, 1.54) is 12.1 Å². The highest BCUT2D eigenvalue weighted by atomic mass is 19.2. The molecule has 3 N–H and O–H groups in total. The van der Waals surface area contributed by atoms with Gasteiger partial charge in [0.2, 0.25) is 5.82 Å². The molecule has 0 bridgehead atoms.